The van der Waals surface area contributed by atoms with Crippen LogP contribution in [0.3, 0.4) is 0 Å². The summed E-state index contributed by atoms with van der Waals surface area (Å²) in [5, 5.41) is 0. The number of rotatable bonds is 6. The van der Waals surface area contributed by atoms with Crippen LogP contribution in [0.2, 0.25) is 0 Å². The summed E-state index contributed by atoms with van der Waals surface area (Å²) in [6.45, 7) is 10.5. The second-order valence-electron chi connectivity index (χ2n) is 6.82. The number of aryl methyl sites for hydroxylation is 1. The molecule has 130 valence electrons. The summed E-state index contributed by atoms with van der Waals surface area (Å²) in [5.41, 5.74) is 1.35. The van der Waals surface area contributed by atoms with Gasteiger partial charge in [0.15, 0.2) is 0 Å². The molecule has 24 heavy (non-hydrogen) atoms. The molecular formula is C19H28N4O. The van der Waals surface area contributed by atoms with Crippen LogP contribution in [0.5, 0.6) is 5.75 Å². The molecule has 1 saturated heterocycles. The van der Waals surface area contributed by atoms with E-state index in [9.17, 15) is 0 Å². The fourth-order valence-corrected chi connectivity index (χ4v) is 3.06. The number of aromatic nitrogens is 2. The van der Waals surface area contributed by atoms with E-state index in [0.717, 1.165) is 50.8 Å². The maximum absolute atomic E-state index is 5.70. The Morgan fingerprint density at radius 2 is 1.62 bits per heavy atom. The average Bonchev–Trinajstić information content (AvgIpc) is 2.96. The highest BCUT2D eigenvalue weighted by molar-refractivity contribution is 5.27. The second-order valence-corrected chi connectivity index (χ2v) is 6.82. The minimum atomic E-state index is 0.225. The van der Waals surface area contributed by atoms with Gasteiger partial charge in [-0.15, -0.1) is 0 Å². The van der Waals surface area contributed by atoms with Crippen molar-refractivity contribution in [3.63, 3.8) is 0 Å². The van der Waals surface area contributed by atoms with Crippen molar-refractivity contribution in [2.75, 3.05) is 26.2 Å². The summed E-state index contributed by atoms with van der Waals surface area (Å²) in [6, 6.07) is 8.51. The standard InChI is InChI=1S/C19H28N4O/c1-16(2)24-18-6-4-17(5-7-18)14-22-10-12-23(13-11-22)15-19-20-8-9-21(19)3/h4-9,16H,10-15H2,1-3H3. The second kappa shape index (κ2) is 7.81. The van der Waals surface area contributed by atoms with Crippen molar-refractivity contribution in [1.29, 1.82) is 0 Å². The predicted octanol–water partition coefficient (Wildman–Crippen LogP) is 2.53. The van der Waals surface area contributed by atoms with E-state index >= 15 is 0 Å². The number of piperazine rings is 1. The first-order valence-electron chi connectivity index (χ1n) is 8.76. The van der Waals surface area contributed by atoms with Crippen molar-refractivity contribution in [2.45, 2.75) is 33.0 Å². The van der Waals surface area contributed by atoms with E-state index in [-0.39, 0.29) is 6.10 Å². The molecule has 1 aromatic carbocycles. The molecule has 0 radical (unpaired) electrons. The van der Waals surface area contributed by atoms with E-state index in [1.807, 2.05) is 12.4 Å². The molecule has 1 aliphatic heterocycles. The average molecular weight is 328 g/mol. The van der Waals surface area contributed by atoms with E-state index in [0.29, 0.717) is 0 Å². The zero-order valence-corrected chi connectivity index (χ0v) is 15.0. The molecule has 1 aromatic heterocycles. The van der Waals surface area contributed by atoms with Crippen LogP contribution in [0.25, 0.3) is 0 Å². The van der Waals surface area contributed by atoms with Gasteiger partial charge in [-0.1, -0.05) is 12.1 Å². The molecule has 0 spiro atoms. The smallest absolute Gasteiger partial charge is 0.122 e. The van der Waals surface area contributed by atoms with Gasteiger partial charge in [0.1, 0.15) is 11.6 Å². The van der Waals surface area contributed by atoms with Gasteiger partial charge in [-0.2, -0.15) is 0 Å². The highest BCUT2D eigenvalue weighted by Crippen LogP contribution is 2.16. The van der Waals surface area contributed by atoms with E-state index in [4.69, 9.17) is 4.74 Å². The van der Waals surface area contributed by atoms with Gasteiger partial charge in [0.25, 0.3) is 0 Å². The Bertz CT molecular complexity index is 627. The Morgan fingerprint density at radius 3 is 2.17 bits per heavy atom. The summed E-state index contributed by atoms with van der Waals surface area (Å²) >= 11 is 0. The third kappa shape index (κ3) is 4.58. The number of hydrogen-bond donors (Lipinski definition) is 0. The van der Waals surface area contributed by atoms with Crippen LogP contribution >= 0.6 is 0 Å². The molecule has 0 bridgehead atoms. The monoisotopic (exact) mass is 328 g/mol. The maximum atomic E-state index is 5.70. The normalized spacial score (nSPS) is 16.7. The Morgan fingerprint density at radius 1 is 1.00 bits per heavy atom. The summed E-state index contributed by atoms with van der Waals surface area (Å²) < 4.78 is 7.81. The first-order valence-corrected chi connectivity index (χ1v) is 8.76. The first-order chi connectivity index (χ1) is 11.6. The van der Waals surface area contributed by atoms with Crippen LogP contribution < -0.4 is 4.74 Å². The summed E-state index contributed by atoms with van der Waals surface area (Å²) in [5.74, 6) is 2.10. The van der Waals surface area contributed by atoms with Gasteiger partial charge in [-0.3, -0.25) is 9.80 Å². The number of nitrogens with zero attached hydrogens (tertiary/aromatic N) is 4. The largest absolute Gasteiger partial charge is 0.491 e. The van der Waals surface area contributed by atoms with Crippen molar-refractivity contribution < 1.29 is 4.74 Å². The maximum Gasteiger partial charge on any atom is 0.122 e. The highest BCUT2D eigenvalue weighted by atomic mass is 16.5. The van der Waals surface area contributed by atoms with Gasteiger partial charge >= 0.3 is 0 Å². The van der Waals surface area contributed by atoms with E-state index in [2.05, 4.69) is 64.5 Å². The van der Waals surface area contributed by atoms with Crippen LogP contribution in [0.1, 0.15) is 25.2 Å². The highest BCUT2D eigenvalue weighted by Gasteiger charge is 2.18. The predicted molar refractivity (Wildman–Crippen MR) is 96.0 cm³/mol. The van der Waals surface area contributed by atoms with Gasteiger partial charge < -0.3 is 9.30 Å². The molecule has 5 nitrogen and oxygen atoms in total. The third-order valence-electron chi connectivity index (χ3n) is 4.45. The fraction of sp³-hybridized carbons (Fsp3) is 0.526. The Labute approximate surface area is 144 Å². The Kier molecular flexibility index (Phi) is 5.53. The minimum Gasteiger partial charge on any atom is -0.491 e. The molecule has 2 aromatic rings. The van der Waals surface area contributed by atoms with E-state index in [1.54, 1.807) is 0 Å². The van der Waals surface area contributed by atoms with Crippen molar-refractivity contribution in [2.24, 2.45) is 7.05 Å². The summed E-state index contributed by atoms with van der Waals surface area (Å²) in [6.07, 6.45) is 4.11. The summed E-state index contributed by atoms with van der Waals surface area (Å²) in [4.78, 5) is 9.43. The van der Waals surface area contributed by atoms with Crippen molar-refractivity contribution in [3.05, 3.63) is 48.0 Å². The van der Waals surface area contributed by atoms with Crippen LogP contribution in [-0.2, 0) is 20.1 Å². The first kappa shape index (κ1) is 17.0. The quantitative estimate of drug-likeness (QED) is 0.816. The van der Waals surface area contributed by atoms with Crippen LogP contribution in [0, 0.1) is 0 Å². The van der Waals surface area contributed by atoms with Crippen LogP contribution in [0.4, 0.5) is 0 Å². The molecule has 0 unspecified atom stereocenters. The minimum absolute atomic E-state index is 0.225. The van der Waals surface area contributed by atoms with Crippen molar-refractivity contribution in [1.82, 2.24) is 19.4 Å². The molecule has 3 rings (SSSR count). The Hall–Kier alpha value is -1.85. The molecule has 0 amide bonds. The lowest BCUT2D eigenvalue weighted by Gasteiger charge is -2.34. The molecule has 0 saturated carbocycles. The lowest BCUT2D eigenvalue weighted by molar-refractivity contribution is 0.119. The van der Waals surface area contributed by atoms with E-state index in [1.165, 1.54) is 5.56 Å². The molecule has 2 heterocycles. The molecular weight excluding hydrogens is 300 g/mol. The van der Waals surface area contributed by atoms with Gasteiger partial charge in [0, 0.05) is 52.2 Å². The van der Waals surface area contributed by atoms with Crippen molar-refractivity contribution in [3.8, 4) is 5.75 Å². The van der Waals surface area contributed by atoms with Crippen LogP contribution in [0.15, 0.2) is 36.7 Å². The molecule has 1 fully saturated rings. The summed E-state index contributed by atoms with van der Waals surface area (Å²) in [7, 11) is 2.06. The van der Waals surface area contributed by atoms with Gasteiger partial charge in [0.05, 0.1) is 12.6 Å². The third-order valence-corrected chi connectivity index (χ3v) is 4.45. The van der Waals surface area contributed by atoms with Crippen molar-refractivity contribution >= 4 is 0 Å². The molecule has 0 atom stereocenters. The van der Waals surface area contributed by atoms with Gasteiger partial charge in [-0.05, 0) is 31.5 Å². The number of ether oxygens (including phenoxy) is 1. The molecule has 0 N–H and O–H groups in total. The fourth-order valence-electron chi connectivity index (χ4n) is 3.06. The number of imidazole rings is 1. The topological polar surface area (TPSA) is 33.5 Å². The number of benzene rings is 1. The molecule has 0 aliphatic carbocycles. The SMILES string of the molecule is CC(C)Oc1ccc(CN2CCN(Cc3nccn3C)CC2)cc1. The Balaban J connectivity index is 1.46. The lowest BCUT2D eigenvalue weighted by atomic mass is 10.2. The molecule has 5 heteroatoms. The van der Waals surface area contributed by atoms with Gasteiger partial charge in [-0.25, -0.2) is 4.98 Å². The zero-order valence-electron chi connectivity index (χ0n) is 15.0. The van der Waals surface area contributed by atoms with E-state index < -0.39 is 0 Å². The zero-order chi connectivity index (χ0) is 16.9. The van der Waals surface area contributed by atoms with Gasteiger partial charge in [0.2, 0.25) is 0 Å². The lowest BCUT2D eigenvalue weighted by Crippen LogP contribution is -2.45. The van der Waals surface area contributed by atoms with Crippen LogP contribution in [-0.4, -0.2) is 51.6 Å². The number of hydrogen-bond acceptors (Lipinski definition) is 4. The molecule has 1 aliphatic rings.